The number of benzene rings is 1. The van der Waals surface area contributed by atoms with Crippen molar-refractivity contribution < 1.29 is 8.78 Å². The highest BCUT2D eigenvalue weighted by Crippen LogP contribution is 2.20. The Morgan fingerprint density at radius 1 is 1.38 bits per heavy atom. The Morgan fingerprint density at radius 3 is 2.75 bits per heavy atom. The van der Waals surface area contributed by atoms with Gasteiger partial charge in [-0.15, -0.1) is 0 Å². The molecule has 84 valence electrons. The molecule has 2 rings (SSSR count). The maximum absolute atomic E-state index is 13.4. The summed E-state index contributed by atoms with van der Waals surface area (Å²) in [5.41, 5.74) is 5.89. The molecule has 0 aliphatic rings. The molecule has 6 heteroatoms. The van der Waals surface area contributed by atoms with Crippen LogP contribution in [0.25, 0.3) is 0 Å². The molecule has 0 radical (unpaired) electrons. The maximum Gasteiger partial charge on any atom is 0.163 e. The van der Waals surface area contributed by atoms with Gasteiger partial charge in [-0.1, -0.05) is 12.1 Å². The molecule has 1 heterocycles. The summed E-state index contributed by atoms with van der Waals surface area (Å²) in [6, 6.07) is 4.01. The minimum atomic E-state index is -0.873. The van der Waals surface area contributed by atoms with Crippen molar-refractivity contribution in [2.75, 3.05) is 5.73 Å². The van der Waals surface area contributed by atoms with Gasteiger partial charge in [-0.2, -0.15) is 5.10 Å². The molecule has 1 aromatic heterocycles. The monoisotopic (exact) mass is 287 g/mol. The van der Waals surface area contributed by atoms with Crippen molar-refractivity contribution in [3.63, 3.8) is 0 Å². The lowest BCUT2D eigenvalue weighted by atomic mass is 10.2. The zero-order valence-corrected chi connectivity index (χ0v) is 9.71. The molecule has 0 aliphatic carbocycles. The summed E-state index contributed by atoms with van der Waals surface area (Å²) in [7, 11) is 0. The van der Waals surface area contributed by atoms with Crippen molar-refractivity contribution in [3.05, 3.63) is 46.1 Å². The third-order valence-corrected chi connectivity index (χ3v) is 2.80. The molecule has 0 aliphatic heterocycles. The second-order valence-corrected chi connectivity index (χ2v) is 4.10. The van der Waals surface area contributed by atoms with E-state index >= 15 is 0 Å². The number of anilines is 1. The van der Waals surface area contributed by atoms with E-state index < -0.39 is 11.6 Å². The highest BCUT2D eigenvalue weighted by molar-refractivity contribution is 9.10. The maximum atomic E-state index is 13.4. The van der Waals surface area contributed by atoms with E-state index in [1.807, 2.05) is 0 Å². The normalized spacial score (nSPS) is 10.7. The lowest BCUT2D eigenvalue weighted by molar-refractivity contribution is 0.492. The summed E-state index contributed by atoms with van der Waals surface area (Å²) in [4.78, 5) is 0. The SMILES string of the molecule is Nc1c(Br)cnn1Cc1cccc(F)c1F. The summed E-state index contributed by atoms with van der Waals surface area (Å²) >= 11 is 3.19. The van der Waals surface area contributed by atoms with Gasteiger partial charge in [0, 0.05) is 5.56 Å². The first-order chi connectivity index (χ1) is 7.59. The number of hydrogen-bond donors (Lipinski definition) is 1. The van der Waals surface area contributed by atoms with Gasteiger partial charge in [-0.05, 0) is 22.0 Å². The Bertz CT molecular complexity index is 525. The highest BCUT2D eigenvalue weighted by Gasteiger charge is 2.10. The van der Waals surface area contributed by atoms with Crippen molar-refractivity contribution >= 4 is 21.7 Å². The van der Waals surface area contributed by atoms with Gasteiger partial charge in [-0.3, -0.25) is 0 Å². The predicted octanol–water partition coefficient (Wildman–Crippen LogP) is 2.55. The average Bonchev–Trinajstić information content (AvgIpc) is 2.57. The van der Waals surface area contributed by atoms with E-state index in [4.69, 9.17) is 5.73 Å². The van der Waals surface area contributed by atoms with Crippen LogP contribution in [-0.2, 0) is 6.54 Å². The Balaban J connectivity index is 2.34. The van der Waals surface area contributed by atoms with Crippen LogP contribution in [0.15, 0.2) is 28.9 Å². The molecule has 0 fully saturated rings. The van der Waals surface area contributed by atoms with Gasteiger partial charge >= 0.3 is 0 Å². The molecular formula is C10H8BrF2N3. The van der Waals surface area contributed by atoms with Crippen LogP contribution in [0.3, 0.4) is 0 Å². The van der Waals surface area contributed by atoms with E-state index in [0.29, 0.717) is 10.3 Å². The summed E-state index contributed by atoms with van der Waals surface area (Å²) < 4.78 is 28.3. The van der Waals surface area contributed by atoms with E-state index in [2.05, 4.69) is 21.0 Å². The lowest BCUT2D eigenvalue weighted by Gasteiger charge is -2.06. The zero-order valence-electron chi connectivity index (χ0n) is 8.12. The quantitative estimate of drug-likeness (QED) is 0.923. The molecule has 0 bridgehead atoms. The third-order valence-electron chi connectivity index (χ3n) is 2.18. The van der Waals surface area contributed by atoms with Gasteiger partial charge in [0.1, 0.15) is 5.82 Å². The van der Waals surface area contributed by atoms with E-state index in [0.717, 1.165) is 6.07 Å². The van der Waals surface area contributed by atoms with Crippen LogP contribution in [0.4, 0.5) is 14.6 Å². The first-order valence-electron chi connectivity index (χ1n) is 4.49. The molecular weight excluding hydrogens is 280 g/mol. The van der Waals surface area contributed by atoms with Gasteiger partial charge < -0.3 is 5.73 Å². The Labute approximate surface area is 99.0 Å². The topological polar surface area (TPSA) is 43.8 Å². The standard InChI is InChI=1S/C10H8BrF2N3/c11-7-4-15-16(10(7)14)5-6-2-1-3-8(12)9(6)13/h1-4H,5,14H2. The Hall–Kier alpha value is -1.43. The molecule has 0 amide bonds. The van der Waals surface area contributed by atoms with E-state index in [1.54, 1.807) is 0 Å². The minimum absolute atomic E-state index is 0.0982. The number of nitrogens with zero attached hydrogens (tertiary/aromatic N) is 2. The molecule has 2 N–H and O–H groups in total. The molecule has 1 aromatic carbocycles. The van der Waals surface area contributed by atoms with Crippen LogP contribution in [0.2, 0.25) is 0 Å². The van der Waals surface area contributed by atoms with Gasteiger partial charge in [-0.25, -0.2) is 13.5 Å². The summed E-state index contributed by atoms with van der Waals surface area (Å²) in [6.45, 7) is 0.0982. The fourth-order valence-electron chi connectivity index (χ4n) is 1.33. The van der Waals surface area contributed by atoms with Crippen LogP contribution in [0, 0.1) is 11.6 Å². The number of nitrogens with two attached hydrogens (primary N) is 1. The Kier molecular flexibility index (Phi) is 2.91. The molecule has 2 aromatic rings. The van der Waals surface area contributed by atoms with Gasteiger partial charge in [0.05, 0.1) is 17.2 Å². The summed E-state index contributed by atoms with van der Waals surface area (Å²) in [5, 5.41) is 3.94. The summed E-state index contributed by atoms with van der Waals surface area (Å²) in [6.07, 6.45) is 1.51. The van der Waals surface area contributed by atoms with Gasteiger partial charge in [0.2, 0.25) is 0 Å². The molecule has 0 unspecified atom stereocenters. The van der Waals surface area contributed by atoms with Crippen molar-refractivity contribution in [1.29, 1.82) is 0 Å². The van der Waals surface area contributed by atoms with Crippen LogP contribution < -0.4 is 5.73 Å². The molecule has 0 atom stereocenters. The fraction of sp³-hybridized carbons (Fsp3) is 0.100. The minimum Gasteiger partial charge on any atom is -0.383 e. The van der Waals surface area contributed by atoms with Crippen LogP contribution in [-0.4, -0.2) is 9.78 Å². The first kappa shape index (κ1) is 11.1. The average molecular weight is 288 g/mol. The highest BCUT2D eigenvalue weighted by atomic mass is 79.9. The zero-order chi connectivity index (χ0) is 11.7. The number of aromatic nitrogens is 2. The van der Waals surface area contributed by atoms with Crippen molar-refractivity contribution in [2.45, 2.75) is 6.54 Å². The van der Waals surface area contributed by atoms with Crippen LogP contribution >= 0.6 is 15.9 Å². The number of hydrogen-bond acceptors (Lipinski definition) is 2. The Morgan fingerprint density at radius 2 is 2.12 bits per heavy atom. The van der Waals surface area contributed by atoms with Crippen molar-refractivity contribution in [2.24, 2.45) is 0 Å². The van der Waals surface area contributed by atoms with Gasteiger partial charge in [0.15, 0.2) is 11.6 Å². The van der Waals surface area contributed by atoms with Crippen LogP contribution in [0.5, 0.6) is 0 Å². The van der Waals surface area contributed by atoms with E-state index in [-0.39, 0.29) is 12.1 Å². The van der Waals surface area contributed by atoms with Crippen LogP contribution in [0.1, 0.15) is 5.56 Å². The largest absolute Gasteiger partial charge is 0.383 e. The molecule has 0 saturated heterocycles. The third kappa shape index (κ3) is 1.92. The predicted molar refractivity (Wildman–Crippen MR) is 59.8 cm³/mol. The fourth-order valence-corrected chi connectivity index (χ4v) is 1.63. The van der Waals surface area contributed by atoms with Gasteiger partial charge in [0.25, 0.3) is 0 Å². The second kappa shape index (κ2) is 4.21. The molecule has 16 heavy (non-hydrogen) atoms. The molecule has 3 nitrogen and oxygen atoms in total. The summed E-state index contributed by atoms with van der Waals surface area (Å²) in [5.74, 6) is -1.36. The number of rotatable bonds is 2. The second-order valence-electron chi connectivity index (χ2n) is 3.25. The van der Waals surface area contributed by atoms with Crippen molar-refractivity contribution in [1.82, 2.24) is 9.78 Å². The molecule has 0 saturated carbocycles. The van der Waals surface area contributed by atoms with E-state index in [9.17, 15) is 8.78 Å². The number of halogens is 3. The van der Waals surface area contributed by atoms with Crippen molar-refractivity contribution in [3.8, 4) is 0 Å². The molecule has 0 spiro atoms. The number of nitrogen functional groups attached to an aromatic ring is 1. The first-order valence-corrected chi connectivity index (χ1v) is 5.28. The smallest absolute Gasteiger partial charge is 0.163 e. The lowest BCUT2D eigenvalue weighted by Crippen LogP contribution is -2.08. The van der Waals surface area contributed by atoms with E-state index in [1.165, 1.54) is 23.0 Å².